The summed E-state index contributed by atoms with van der Waals surface area (Å²) in [6.07, 6.45) is 0. The number of aliphatic hydroxyl groups is 1. The van der Waals surface area contributed by atoms with E-state index in [1.165, 1.54) is 7.11 Å². The van der Waals surface area contributed by atoms with Gasteiger partial charge in [-0.05, 0) is 42.9 Å². The van der Waals surface area contributed by atoms with Crippen LogP contribution in [0.25, 0.3) is 0 Å². The molecule has 1 aliphatic rings. The number of hydrogen-bond donors (Lipinski definition) is 1. The maximum absolute atomic E-state index is 13.3. The van der Waals surface area contributed by atoms with E-state index in [2.05, 4.69) is 5.73 Å². The molecule has 0 bridgehead atoms. The molecule has 8 nitrogen and oxygen atoms in total. The van der Waals surface area contributed by atoms with Crippen LogP contribution in [0.5, 0.6) is 0 Å². The number of methoxy groups -OCH3 is 4. The molecule has 0 amide bonds. The molecule has 0 fully saturated rings. The highest BCUT2D eigenvalue weighted by Crippen LogP contribution is 2.73. The molecule has 0 saturated heterocycles. The molecular weight excluding hydrogens is 447 g/mol. The summed E-state index contributed by atoms with van der Waals surface area (Å²) in [4.78, 5) is 39.1. The first-order valence-corrected chi connectivity index (χ1v) is 11.7. The summed E-state index contributed by atoms with van der Waals surface area (Å²) in [5.41, 5.74) is 3.13. The first-order valence-electron chi connectivity index (χ1n) is 9.74. The molecule has 0 saturated carbocycles. The van der Waals surface area contributed by atoms with Crippen LogP contribution in [0.2, 0.25) is 0 Å². The number of hydrogen-bond acceptors (Lipinski definition) is 8. The molecular formula is C24H26O8P+. The summed E-state index contributed by atoms with van der Waals surface area (Å²) in [7, 11) is 1.62. The molecule has 0 spiro atoms. The van der Waals surface area contributed by atoms with Crippen LogP contribution in [0.1, 0.15) is 13.8 Å². The van der Waals surface area contributed by atoms with Crippen molar-refractivity contribution in [1.29, 1.82) is 0 Å². The van der Waals surface area contributed by atoms with Crippen LogP contribution in [0.3, 0.4) is 0 Å². The number of esters is 3. The van der Waals surface area contributed by atoms with Crippen molar-refractivity contribution in [2.75, 3.05) is 28.4 Å². The molecule has 0 atom stereocenters. The van der Waals surface area contributed by atoms with Crippen molar-refractivity contribution in [1.82, 2.24) is 0 Å². The number of benzene rings is 1. The predicted octanol–water partition coefficient (Wildman–Crippen LogP) is 3.49. The van der Waals surface area contributed by atoms with E-state index in [1.54, 1.807) is 0 Å². The van der Waals surface area contributed by atoms with E-state index >= 15 is 0 Å². The quantitative estimate of drug-likeness (QED) is 0.122. The summed E-state index contributed by atoms with van der Waals surface area (Å²) in [5.74, 6) is 0.128. The lowest BCUT2D eigenvalue weighted by atomic mass is 10.1. The number of carbonyl (C=O) groups is 3. The minimum absolute atomic E-state index is 0.101. The van der Waals surface area contributed by atoms with Gasteiger partial charge in [-0.1, -0.05) is 18.2 Å². The monoisotopic (exact) mass is 473 g/mol. The summed E-state index contributed by atoms with van der Waals surface area (Å²) in [5, 5.41) is 10.6. The van der Waals surface area contributed by atoms with E-state index in [-0.39, 0.29) is 5.31 Å². The third kappa shape index (κ3) is 5.08. The first kappa shape index (κ1) is 25.7. The number of aliphatic hydroxyl groups excluding tert-OH is 1. The van der Waals surface area contributed by atoms with Crippen LogP contribution in [0.4, 0.5) is 0 Å². The van der Waals surface area contributed by atoms with Crippen LogP contribution < -0.4 is 5.30 Å². The Morgan fingerprint density at radius 3 is 1.76 bits per heavy atom. The summed E-state index contributed by atoms with van der Waals surface area (Å²) >= 11 is 0. The fourth-order valence-corrected chi connectivity index (χ4v) is 7.51. The smallest absolute Gasteiger partial charge is 0.375 e. The fraction of sp³-hybridized carbons (Fsp3) is 0.250. The van der Waals surface area contributed by atoms with Crippen molar-refractivity contribution >= 4 is 30.5 Å². The molecule has 9 heteroatoms. The minimum Gasteiger partial charge on any atom is -0.475 e. The second kappa shape index (κ2) is 10.8. The standard InChI is InChI=1S/C24H25O8P/c1-15-13-33(14-16(15)2,17-10-8-7-9-11-17)21(24(28)32-6)20(23(27)31-5)18(22(26)30-4)12-19(25)29-3/h7-11,13-14H,1-6H3/p+1/b21-20-. The number of rotatable bonds is 7. The molecule has 174 valence electrons. The van der Waals surface area contributed by atoms with Crippen LogP contribution >= 0.6 is 7.26 Å². The van der Waals surface area contributed by atoms with Crippen molar-refractivity contribution in [3.63, 3.8) is 0 Å². The maximum Gasteiger partial charge on any atom is 0.375 e. The molecule has 0 radical (unpaired) electrons. The predicted molar refractivity (Wildman–Crippen MR) is 124 cm³/mol. The van der Waals surface area contributed by atoms with E-state index in [1.807, 2.05) is 55.8 Å². The highest BCUT2D eigenvalue weighted by atomic mass is 31.2. The zero-order valence-electron chi connectivity index (χ0n) is 19.3. The summed E-state index contributed by atoms with van der Waals surface area (Å²) in [6.45, 7) is 3.77. The molecule has 1 N–H and O–H groups in total. The topological polar surface area (TPSA) is 108 Å². The number of carbonyl (C=O) groups excluding carboxylic acids is 3. The maximum atomic E-state index is 13.3. The molecule has 1 aromatic carbocycles. The SMILES string of the molecule is COC(=O)C(=C=C(O)OC)/C(C(=O)OC)=C(\C(=O)OC)[P+]1(c2ccccc2)C=C(C)C(C)=C1. The van der Waals surface area contributed by atoms with Gasteiger partial charge >= 0.3 is 23.9 Å². The third-order valence-corrected chi connectivity index (χ3v) is 8.93. The van der Waals surface area contributed by atoms with Gasteiger partial charge in [-0.15, -0.1) is 0 Å². The van der Waals surface area contributed by atoms with Crippen LogP contribution in [0.15, 0.2) is 81.2 Å². The van der Waals surface area contributed by atoms with Gasteiger partial charge in [0, 0.05) is 0 Å². The lowest BCUT2D eigenvalue weighted by molar-refractivity contribution is -0.140. The van der Waals surface area contributed by atoms with Crippen LogP contribution in [0, 0.1) is 0 Å². The molecule has 1 aromatic rings. The largest absolute Gasteiger partial charge is 0.475 e. The molecule has 1 heterocycles. The van der Waals surface area contributed by atoms with Gasteiger partial charge in [-0.2, -0.15) is 0 Å². The van der Waals surface area contributed by atoms with Gasteiger partial charge in [0.05, 0.1) is 40.1 Å². The molecule has 0 unspecified atom stereocenters. The Hall–Kier alpha value is -3.60. The second-order valence-corrected chi connectivity index (χ2v) is 9.98. The van der Waals surface area contributed by atoms with Crippen LogP contribution in [-0.2, 0) is 33.3 Å². The van der Waals surface area contributed by atoms with E-state index in [0.717, 1.165) is 37.8 Å². The Morgan fingerprint density at radius 1 is 0.788 bits per heavy atom. The molecule has 33 heavy (non-hydrogen) atoms. The Balaban J connectivity index is 3.20. The summed E-state index contributed by atoms with van der Waals surface area (Å²) in [6, 6.07) is 9.10. The zero-order chi connectivity index (χ0) is 24.8. The van der Waals surface area contributed by atoms with Gasteiger partial charge < -0.3 is 24.1 Å². The van der Waals surface area contributed by atoms with Gasteiger partial charge in [-0.3, -0.25) is 0 Å². The highest BCUT2D eigenvalue weighted by molar-refractivity contribution is 7.93. The fourth-order valence-electron chi connectivity index (χ4n) is 3.36. The Labute approximate surface area is 192 Å². The van der Waals surface area contributed by atoms with E-state index in [0.29, 0.717) is 0 Å². The van der Waals surface area contributed by atoms with E-state index in [9.17, 15) is 19.5 Å². The van der Waals surface area contributed by atoms with Crippen molar-refractivity contribution in [3.8, 4) is 0 Å². The van der Waals surface area contributed by atoms with Crippen molar-refractivity contribution < 1.29 is 38.4 Å². The lowest BCUT2D eigenvalue weighted by Gasteiger charge is -2.22. The Morgan fingerprint density at radius 2 is 1.30 bits per heavy atom. The van der Waals surface area contributed by atoms with Gasteiger partial charge in [-0.25, -0.2) is 14.4 Å². The third-order valence-electron chi connectivity index (χ3n) is 5.04. The molecule has 0 aromatic heterocycles. The first-order chi connectivity index (χ1) is 15.7. The summed E-state index contributed by atoms with van der Waals surface area (Å²) < 4.78 is 19.5. The van der Waals surface area contributed by atoms with Crippen molar-refractivity contribution in [2.24, 2.45) is 0 Å². The molecule has 1 aliphatic heterocycles. The highest BCUT2D eigenvalue weighted by Gasteiger charge is 2.53. The second-order valence-electron chi connectivity index (χ2n) is 6.94. The van der Waals surface area contributed by atoms with E-state index < -0.39 is 42.3 Å². The average molecular weight is 473 g/mol. The Bertz CT molecular complexity index is 1100. The lowest BCUT2D eigenvalue weighted by Crippen LogP contribution is -2.24. The average Bonchev–Trinajstić information content (AvgIpc) is 3.14. The molecule has 0 aliphatic carbocycles. The van der Waals surface area contributed by atoms with Gasteiger partial charge in [0.2, 0.25) is 5.31 Å². The van der Waals surface area contributed by atoms with E-state index in [4.69, 9.17) is 18.9 Å². The minimum atomic E-state index is -2.89. The van der Waals surface area contributed by atoms with Gasteiger partial charge in [0.1, 0.15) is 23.7 Å². The van der Waals surface area contributed by atoms with Crippen molar-refractivity contribution in [3.05, 3.63) is 81.2 Å². The van der Waals surface area contributed by atoms with Crippen LogP contribution in [-0.4, -0.2) is 51.5 Å². The Kier molecular flexibility index (Phi) is 8.41. The normalized spacial score (nSPS) is 14.6. The van der Waals surface area contributed by atoms with Gasteiger partial charge in [0.25, 0.3) is 0 Å². The number of ether oxygens (including phenoxy) is 4. The van der Waals surface area contributed by atoms with Crippen molar-refractivity contribution in [2.45, 2.75) is 13.8 Å². The van der Waals surface area contributed by atoms with Gasteiger partial charge in [0.15, 0.2) is 0 Å². The zero-order valence-corrected chi connectivity index (χ0v) is 20.2. The number of allylic oxidation sites excluding steroid dienone is 2. The molecule has 2 rings (SSSR count).